The molecule has 0 saturated heterocycles. The molecule has 140 valence electrons. The van der Waals surface area contributed by atoms with E-state index in [9.17, 15) is 22.8 Å². The largest absolute Gasteiger partial charge is 0.484 e. The number of thiophene rings is 1. The number of carbonyl (C=O) groups is 2. The molecule has 5 nitrogen and oxygen atoms in total. The van der Waals surface area contributed by atoms with Crippen molar-refractivity contribution in [3.05, 3.63) is 45.8 Å². The fourth-order valence-electron chi connectivity index (χ4n) is 2.11. The summed E-state index contributed by atoms with van der Waals surface area (Å²) in [5.41, 5.74) is 0.181. The number of aryl methyl sites for hydroxylation is 1. The zero-order valence-electron chi connectivity index (χ0n) is 14.2. The van der Waals surface area contributed by atoms with Crippen molar-refractivity contribution < 1.29 is 32.2 Å². The first kappa shape index (κ1) is 19.8. The molecule has 9 heteroatoms. The SMILES string of the molecule is COC(=O)c1c(NC(=O)COc2ccc(C(F)(F)F)cc2)sc(C)c1C. The Morgan fingerprint density at radius 3 is 2.31 bits per heavy atom. The molecule has 1 N–H and O–H groups in total. The molecule has 0 spiro atoms. The number of alkyl halides is 3. The second-order valence-corrected chi connectivity index (χ2v) is 6.56. The molecule has 0 aliphatic heterocycles. The minimum atomic E-state index is -4.44. The van der Waals surface area contributed by atoms with E-state index >= 15 is 0 Å². The maximum absolute atomic E-state index is 12.5. The van der Waals surface area contributed by atoms with Gasteiger partial charge in [0.15, 0.2) is 6.61 Å². The van der Waals surface area contributed by atoms with E-state index in [2.05, 4.69) is 5.32 Å². The third-order valence-electron chi connectivity index (χ3n) is 3.58. The van der Waals surface area contributed by atoms with Crippen LogP contribution in [0.25, 0.3) is 0 Å². The molecule has 26 heavy (non-hydrogen) atoms. The van der Waals surface area contributed by atoms with Crippen LogP contribution in [-0.4, -0.2) is 25.6 Å². The smallest absolute Gasteiger partial charge is 0.416 e. The first-order valence-electron chi connectivity index (χ1n) is 7.41. The number of carbonyl (C=O) groups excluding carboxylic acids is 2. The van der Waals surface area contributed by atoms with Crippen molar-refractivity contribution in [3.63, 3.8) is 0 Å². The van der Waals surface area contributed by atoms with E-state index in [0.29, 0.717) is 10.6 Å². The Morgan fingerprint density at radius 1 is 1.15 bits per heavy atom. The molecular weight excluding hydrogens is 371 g/mol. The third-order valence-corrected chi connectivity index (χ3v) is 4.70. The summed E-state index contributed by atoms with van der Waals surface area (Å²) in [5, 5.41) is 2.91. The predicted molar refractivity (Wildman–Crippen MR) is 90.7 cm³/mol. The first-order valence-corrected chi connectivity index (χ1v) is 8.23. The van der Waals surface area contributed by atoms with Gasteiger partial charge in [-0.3, -0.25) is 4.79 Å². The Morgan fingerprint density at radius 2 is 1.77 bits per heavy atom. The molecule has 0 atom stereocenters. The Kier molecular flexibility index (Phi) is 5.91. The summed E-state index contributed by atoms with van der Waals surface area (Å²) in [5.74, 6) is -0.984. The van der Waals surface area contributed by atoms with Crippen molar-refractivity contribution in [1.82, 2.24) is 0 Å². The summed E-state index contributed by atoms with van der Waals surface area (Å²) in [6.45, 7) is 3.13. The van der Waals surface area contributed by atoms with Crippen LogP contribution in [0.4, 0.5) is 18.2 Å². The van der Waals surface area contributed by atoms with Gasteiger partial charge in [-0.2, -0.15) is 13.2 Å². The summed E-state index contributed by atoms with van der Waals surface area (Å²) < 4.78 is 47.4. The average molecular weight is 387 g/mol. The number of amides is 1. The Bertz CT molecular complexity index is 813. The number of nitrogens with one attached hydrogen (secondary N) is 1. The lowest BCUT2D eigenvalue weighted by Gasteiger charge is -2.10. The lowest BCUT2D eigenvalue weighted by atomic mass is 10.1. The van der Waals surface area contributed by atoms with Gasteiger partial charge in [-0.15, -0.1) is 11.3 Å². The standard InChI is InChI=1S/C17H16F3NO4S/c1-9-10(2)26-15(14(9)16(23)24-3)21-13(22)8-25-12-6-4-11(5-7-12)17(18,19)20/h4-7H,8H2,1-3H3,(H,21,22). The van der Waals surface area contributed by atoms with Gasteiger partial charge < -0.3 is 14.8 Å². The van der Waals surface area contributed by atoms with E-state index in [4.69, 9.17) is 9.47 Å². The Hall–Kier alpha value is -2.55. The number of hydrogen-bond donors (Lipinski definition) is 1. The monoisotopic (exact) mass is 387 g/mol. The van der Waals surface area contributed by atoms with Crippen molar-refractivity contribution in [2.24, 2.45) is 0 Å². The second-order valence-electron chi connectivity index (χ2n) is 5.34. The van der Waals surface area contributed by atoms with Crippen LogP contribution in [0.1, 0.15) is 26.4 Å². The number of esters is 1. The van der Waals surface area contributed by atoms with Crippen LogP contribution in [0.3, 0.4) is 0 Å². The Balaban J connectivity index is 2.02. The number of anilines is 1. The van der Waals surface area contributed by atoms with Gasteiger partial charge in [0.2, 0.25) is 0 Å². The molecule has 1 amide bonds. The maximum Gasteiger partial charge on any atom is 0.416 e. The van der Waals surface area contributed by atoms with Crippen LogP contribution in [0.5, 0.6) is 5.75 Å². The normalized spacial score (nSPS) is 11.2. The highest BCUT2D eigenvalue weighted by Gasteiger charge is 2.30. The highest BCUT2D eigenvalue weighted by atomic mass is 32.1. The third kappa shape index (κ3) is 4.54. The number of benzene rings is 1. The molecule has 0 bridgehead atoms. The minimum absolute atomic E-state index is 0.125. The molecule has 0 aliphatic carbocycles. The van der Waals surface area contributed by atoms with E-state index in [1.54, 1.807) is 13.8 Å². The lowest BCUT2D eigenvalue weighted by Crippen LogP contribution is -2.21. The van der Waals surface area contributed by atoms with Gasteiger partial charge in [0.25, 0.3) is 5.91 Å². The molecular formula is C17H16F3NO4S. The fraction of sp³-hybridized carbons (Fsp3) is 0.294. The van der Waals surface area contributed by atoms with Gasteiger partial charge in [0.05, 0.1) is 18.2 Å². The van der Waals surface area contributed by atoms with Crippen LogP contribution in [-0.2, 0) is 15.7 Å². The van der Waals surface area contributed by atoms with Crippen molar-refractivity contribution in [3.8, 4) is 5.75 Å². The van der Waals surface area contributed by atoms with Gasteiger partial charge >= 0.3 is 12.1 Å². The molecule has 1 aromatic carbocycles. The maximum atomic E-state index is 12.5. The van der Waals surface area contributed by atoms with E-state index < -0.39 is 30.2 Å². The van der Waals surface area contributed by atoms with Crippen LogP contribution in [0, 0.1) is 13.8 Å². The highest BCUT2D eigenvalue weighted by molar-refractivity contribution is 7.16. The topological polar surface area (TPSA) is 64.6 Å². The zero-order chi connectivity index (χ0) is 19.5. The summed E-state index contributed by atoms with van der Waals surface area (Å²) in [6, 6.07) is 4.01. The molecule has 0 radical (unpaired) electrons. The second kappa shape index (κ2) is 7.77. The Labute approximate surface area is 151 Å². The van der Waals surface area contributed by atoms with Crippen LogP contribution < -0.4 is 10.1 Å². The van der Waals surface area contributed by atoms with Gasteiger partial charge in [-0.25, -0.2) is 4.79 Å². The lowest BCUT2D eigenvalue weighted by molar-refractivity contribution is -0.137. The van der Waals surface area contributed by atoms with E-state index in [-0.39, 0.29) is 11.3 Å². The van der Waals surface area contributed by atoms with Gasteiger partial charge in [0.1, 0.15) is 10.8 Å². The molecule has 0 saturated carbocycles. The number of methoxy groups -OCH3 is 1. The quantitative estimate of drug-likeness (QED) is 0.782. The van der Waals surface area contributed by atoms with Gasteiger partial charge in [0, 0.05) is 4.88 Å². The summed E-state index contributed by atoms with van der Waals surface area (Å²) in [7, 11) is 1.24. The molecule has 2 aromatic rings. The van der Waals surface area contributed by atoms with Crippen LogP contribution in [0.2, 0.25) is 0 Å². The highest BCUT2D eigenvalue weighted by Crippen LogP contribution is 2.33. The van der Waals surface area contributed by atoms with Crippen LogP contribution >= 0.6 is 11.3 Å². The van der Waals surface area contributed by atoms with E-state index in [1.807, 2.05) is 0 Å². The van der Waals surface area contributed by atoms with Crippen molar-refractivity contribution in [1.29, 1.82) is 0 Å². The summed E-state index contributed by atoms with van der Waals surface area (Å²) in [4.78, 5) is 24.7. The van der Waals surface area contributed by atoms with Crippen molar-refractivity contribution >= 4 is 28.2 Å². The number of ether oxygens (including phenoxy) is 2. The van der Waals surface area contributed by atoms with Gasteiger partial charge in [-0.05, 0) is 43.7 Å². The molecule has 0 unspecified atom stereocenters. The predicted octanol–water partition coefficient (Wildman–Crippen LogP) is 4.19. The molecule has 2 rings (SSSR count). The fourth-order valence-corrected chi connectivity index (χ4v) is 3.18. The van der Waals surface area contributed by atoms with E-state index in [1.165, 1.54) is 18.4 Å². The number of hydrogen-bond acceptors (Lipinski definition) is 5. The molecule has 0 aliphatic rings. The van der Waals surface area contributed by atoms with E-state index in [0.717, 1.165) is 29.1 Å². The molecule has 1 heterocycles. The first-order chi connectivity index (χ1) is 12.1. The molecule has 0 fully saturated rings. The zero-order valence-corrected chi connectivity index (χ0v) is 15.0. The van der Waals surface area contributed by atoms with Crippen molar-refractivity contribution in [2.75, 3.05) is 19.0 Å². The van der Waals surface area contributed by atoms with Gasteiger partial charge in [-0.1, -0.05) is 0 Å². The summed E-state index contributed by atoms with van der Waals surface area (Å²) >= 11 is 1.23. The average Bonchev–Trinajstić information content (AvgIpc) is 2.86. The summed E-state index contributed by atoms with van der Waals surface area (Å²) in [6.07, 6.45) is -4.44. The minimum Gasteiger partial charge on any atom is -0.484 e. The molecule has 1 aromatic heterocycles. The number of halogens is 3. The van der Waals surface area contributed by atoms with Crippen molar-refractivity contribution in [2.45, 2.75) is 20.0 Å². The number of rotatable bonds is 5. The van der Waals surface area contributed by atoms with Crippen LogP contribution in [0.15, 0.2) is 24.3 Å².